The van der Waals surface area contributed by atoms with E-state index in [0.29, 0.717) is 48.9 Å². The van der Waals surface area contributed by atoms with Gasteiger partial charge in [0.25, 0.3) is 5.91 Å². The number of alkyl halides is 6. The SMILES string of the molecule is CN(C(=O)c1cc(C(F)(F)F)cc(C(F)(F)F)c1)C(CC(=O)NCCCN1CCOCC1)Cc1ccc(Cl)cc1. The van der Waals surface area contributed by atoms with E-state index < -0.39 is 46.9 Å². The molecule has 6 nitrogen and oxygen atoms in total. The zero-order valence-corrected chi connectivity index (χ0v) is 22.5. The number of carbonyl (C=O) groups is 2. The zero-order valence-electron chi connectivity index (χ0n) is 21.7. The first kappa shape index (κ1) is 31.7. The van der Waals surface area contributed by atoms with E-state index in [1.54, 1.807) is 24.3 Å². The summed E-state index contributed by atoms with van der Waals surface area (Å²) in [6.45, 7) is 4.02. The number of hydrogen-bond acceptors (Lipinski definition) is 4. The molecule has 0 spiro atoms. The highest BCUT2D eigenvalue weighted by atomic mass is 35.5. The number of carbonyl (C=O) groups excluding carboxylic acids is 2. The highest BCUT2D eigenvalue weighted by molar-refractivity contribution is 6.30. The molecule has 2 aromatic rings. The highest BCUT2D eigenvalue weighted by Gasteiger charge is 2.38. The summed E-state index contributed by atoms with van der Waals surface area (Å²) >= 11 is 5.93. The number of rotatable bonds is 10. The average molecular weight is 594 g/mol. The van der Waals surface area contributed by atoms with E-state index in [9.17, 15) is 35.9 Å². The van der Waals surface area contributed by atoms with Crippen LogP contribution in [0, 0.1) is 0 Å². The van der Waals surface area contributed by atoms with Crippen molar-refractivity contribution in [2.24, 2.45) is 0 Å². The van der Waals surface area contributed by atoms with Crippen LogP contribution in [-0.2, 0) is 28.3 Å². The van der Waals surface area contributed by atoms with Crippen molar-refractivity contribution in [3.8, 4) is 0 Å². The van der Waals surface area contributed by atoms with Gasteiger partial charge < -0.3 is 15.0 Å². The molecule has 0 saturated carbocycles. The van der Waals surface area contributed by atoms with E-state index in [1.165, 1.54) is 7.05 Å². The molecule has 1 fully saturated rings. The average Bonchev–Trinajstić information content (AvgIpc) is 2.90. The lowest BCUT2D eigenvalue weighted by Gasteiger charge is -2.29. The third kappa shape index (κ3) is 9.38. The third-order valence-electron chi connectivity index (χ3n) is 6.59. The molecule has 13 heteroatoms. The lowest BCUT2D eigenvalue weighted by atomic mass is 9.99. The predicted molar refractivity (Wildman–Crippen MR) is 137 cm³/mol. The first-order chi connectivity index (χ1) is 18.7. The molecule has 1 aliphatic heterocycles. The molecular weight excluding hydrogens is 564 g/mol. The molecular formula is C27H30ClF6N3O3. The first-order valence-corrected chi connectivity index (χ1v) is 13.0. The van der Waals surface area contributed by atoms with Crippen molar-refractivity contribution >= 4 is 23.4 Å². The van der Waals surface area contributed by atoms with Gasteiger partial charge in [0.05, 0.1) is 24.3 Å². The summed E-state index contributed by atoms with van der Waals surface area (Å²) in [5, 5.41) is 3.24. The standard InChI is InChI=1S/C27H30ClF6N3O3/c1-36(25(39)19-14-20(26(29,30)31)16-21(15-19)27(32,33)34)23(13-18-3-5-22(28)6-4-18)17-24(38)35-7-2-8-37-9-11-40-12-10-37/h3-6,14-16,23H,2,7-13,17H2,1H3,(H,35,38). The van der Waals surface area contributed by atoms with E-state index in [4.69, 9.17) is 16.3 Å². The molecule has 0 aromatic heterocycles. The molecule has 1 unspecified atom stereocenters. The Kier molecular flexibility index (Phi) is 10.8. The van der Waals surface area contributed by atoms with Crippen LogP contribution in [-0.4, -0.2) is 74.1 Å². The van der Waals surface area contributed by atoms with Crippen molar-refractivity contribution in [3.05, 3.63) is 69.7 Å². The van der Waals surface area contributed by atoms with Crippen molar-refractivity contribution < 1.29 is 40.7 Å². The molecule has 40 heavy (non-hydrogen) atoms. The maximum absolute atomic E-state index is 13.4. The Morgan fingerprint density at radius 2 is 1.57 bits per heavy atom. The number of likely N-dealkylation sites (N-methyl/N-ethyl adjacent to an activating group) is 1. The van der Waals surface area contributed by atoms with E-state index >= 15 is 0 Å². The lowest BCUT2D eigenvalue weighted by Crippen LogP contribution is -2.42. The van der Waals surface area contributed by atoms with Gasteiger partial charge in [-0.05, 0) is 55.3 Å². The molecule has 1 atom stereocenters. The third-order valence-corrected chi connectivity index (χ3v) is 6.84. The van der Waals surface area contributed by atoms with Gasteiger partial charge in [-0.2, -0.15) is 26.3 Å². The number of halogens is 7. The largest absolute Gasteiger partial charge is 0.416 e. The van der Waals surface area contributed by atoms with Crippen LogP contribution in [0.5, 0.6) is 0 Å². The molecule has 1 heterocycles. The van der Waals surface area contributed by atoms with Gasteiger partial charge in [0, 0.05) is 49.7 Å². The molecule has 1 N–H and O–H groups in total. The van der Waals surface area contributed by atoms with Gasteiger partial charge in [0.1, 0.15) is 0 Å². The van der Waals surface area contributed by atoms with Crippen molar-refractivity contribution in [1.82, 2.24) is 15.1 Å². The maximum Gasteiger partial charge on any atom is 0.416 e. The second-order valence-corrected chi connectivity index (χ2v) is 9.99. The molecule has 0 radical (unpaired) electrons. The van der Waals surface area contributed by atoms with Crippen molar-refractivity contribution in [1.29, 1.82) is 0 Å². The van der Waals surface area contributed by atoms with Gasteiger partial charge in [-0.15, -0.1) is 0 Å². The number of amides is 2. The number of hydrogen-bond donors (Lipinski definition) is 1. The molecule has 0 bridgehead atoms. The number of benzene rings is 2. The Hall–Kier alpha value is -2.83. The molecule has 2 aromatic carbocycles. The summed E-state index contributed by atoms with van der Waals surface area (Å²) in [6.07, 6.45) is -9.62. The first-order valence-electron chi connectivity index (χ1n) is 12.6. The van der Waals surface area contributed by atoms with Crippen LogP contribution in [0.15, 0.2) is 42.5 Å². The number of nitrogens with one attached hydrogen (secondary N) is 1. The summed E-state index contributed by atoms with van der Waals surface area (Å²) in [4.78, 5) is 29.2. The highest BCUT2D eigenvalue weighted by Crippen LogP contribution is 2.36. The number of morpholine rings is 1. The number of nitrogens with zero attached hydrogens (tertiary/aromatic N) is 2. The molecule has 1 aliphatic rings. The Bertz CT molecular complexity index is 1120. The fraction of sp³-hybridized carbons (Fsp3) is 0.481. The van der Waals surface area contributed by atoms with Crippen molar-refractivity contribution in [3.63, 3.8) is 0 Å². The van der Waals surface area contributed by atoms with E-state index in [0.717, 1.165) is 24.5 Å². The topological polar surface area (TPSA) is 61.9 Å². The van der Waals surface area contributed by atoms with Crippen molar-refractivity contribution in [2.75, 3.05) is 46.4 Å². The maximum atomic E-state index is 13.4. The Labute approximate surface area is 233 Å². The second-order valence-electron chi connectivity index (χ2n) is 9.56. The minimum Gasteiger partial charge on any atom is -0.379 e. The normalized spacial score (nSPS) is 15.5. The van der Waals surface area contributed by atoms with Crippen LogP contribution < -0.4 is 5.32 Å². The van der Waals surface area contributed by atoms with Crippen LogP contribution in [0.1, 0.15) is 39.9 Å². The monoisotopic (exact) mass is 593 g/mol. The summed E-state index contributed by atoms with van der Waals surface area (Å²) in [6, 6.07) is 6.41. The molecule has 0 aliphatic carbocycles. The quantitative estimate of drug-likeness (QED) is 0.300. The minimum atomic E-state index is -5.10. The van der Waals surface area contributed by atoms with Crippen LogP contribution >= 0.6 is 11.6 Å². The zero-order chi connectivity index (χ0) is 29.5. The summed E-state index contributed by atoms with van der Waals surface area (Å²) in [5.41, 5.74) is -3.29. The van der Waals surface area contributed by atoms with Gasteiger partial charge in [-0.25, -0.2) is 0 Å². The van der Waals surface area contributed by atoms with E-state index in [1.807, 2.05) is 0 Å². The Balaban J connectivity index is 1.77. The van der Waals surface area contributed by atoms with Crippen molar-refractivity contribution in [2.45, 2.75) is 37.7 Å². The van der Waals surface area contributed by atoms with Crippen LogP contribution in [0.4, 0.5) is 26.3 Å². The molecule has 2 amide bonds. The van der Waals surface area contributed by atoms with Gasteiger partial charge in [0.15, 0.2) is 0 Å². The van der Waals surface area contributed by atoms with Gasteiger partial charge in [-0.1, -0.05) is 23.7 Å². The van der Waals surface area contributed by atoms with Gasteiger partial charge in [-0.3, -0.25) is 14.5 Å². The number of ether oxygens (including phenoxy) is 1. The summed E-state index contributed by atoms with van der Waals surface area (Å²) < 4.78 is 85.4. The smallest absolute Gasteiger partial charge is 0.379 e. The van der Waals surface area contributed by atoms with Crippen LogP contribution in [0.25, 0.3) is 0 Å². The van der Waals surface area contributed by atoms with Gasteiger partial charge >= 0.3 is 12.4 Å². The lowest BCUT2D eigenvalue weighted by molar-refractivity contribution is -0.143. The van der Waals surface area contributed by atoms with Gasteiger partial charge in [0.2, 0.25) is 5.91 Å². The second kappa shape index (κ2) is 13.7. The molecule has 220 valence electrons. The molecule has 3 rings (SSSR count). The van der Waals surface area contributed by atoms with E-state index in [-0.39, 0.29) is 18.9 Å². The predicted octanol–water partition coefficient (Wildman–Crippen LogP) is 5.29. The Morgan fingerprint density at radius 3 is 2.12 bits per heavy atom. The summed E-state index contributed by atoms with van der Waals surface area (Å²) in [5.74, 6) is -1.48. The molecule has 1 saturated heterocycles. The van der Waals surface area contributed by atoms with Crippen LogP contribution in [0.3, 0.4) is 0 Å². The Morgan fingerprint density at radius 1 is 1.00 bits per heavy atom. The fourth-order valence-corrected chi connectivity index (χ4v) is 4.45. The fourth-order valence-electron chi connectivity index (χ4n) is 4.33. The summed E-state index contributed by atoms with van der Waals surface area (Å²) in [7, 11) is 1.25. The minimum absolute atomic E-state index is 0.0354. The van der Waals surface area contributed by atoms with E-state index in [2.05, 4.69) is 10.2 Å². The van der Waals surface area contributed by atoms with Crippen LogP contribution in [0.2, 0.25) is 5.02 Å².